The zero-order chi connectivity index (χ0) is 9.80. The van der Waals surface area contributed by atoms with Gasteiger partial charge in [0.1, 0.15) is 0 Å². The van der Waals surface area contributed by atoms with E-state index in [1.165, 1.54) is 44.9 Å². The molecule has 0 aliphatic heterocycles. The predicted molar refractivity (Wildman–Crippen MR) is 62.2 cm³/mol. The third-order valence-corrected chi connectivity index (χ3v) is 3.90. The van der Waals surface area contributed by atoms with Crippen molar-refractivity contribution in [2.24, 2.45) is 11.8 Å². The molecule has 0 amide bonds. The monoisotopic (exact) mass is 190 g/mol. The molecule has 0 nitrogen and oxygen atoms in total. The van der Waals surface area contributed by atoms with Gasteiger partial charge in [0.2, 0.25) is 0 Å². The van der Waals surface area contributed by atoms with Crippen LogP contribution in [0.1, 0.15) is 51.9 Å². The fraction of sp³-hybridized carbons (Fsp3) is 0.714. The van der Waals surface area contributed by atoms with E-state index in [1.807, 2.05) is 0 Å². The lowest BCUT2D eigenvalue weighted by atomic mass is 9.91. The molecule has 2 rings (SSSR count). The van der Waals surface area contributed by atoms with Gasteiger partial charge in [0.05, 0.1) is 0 Å². The van der Waals surface area contributed by atoms with Gasteiger partial charge < -0.3 is 0 Å². The van der Waals surface area contributed by atoms with E-state index in [0.29, 0.717) is 0 Å². The van der Waals surface area contributed by atoms with Gasteiger partial charge in [-0.1, -0.05) is 37.1 Å². The van der Waals surface area contributed by atoms with Crippen LogP contribution in [0.15, 0.2) is 23.8 Å². The molecule has 2 atom stereocenters. The molecule has 0 aromatic rings. The average Bonchev–Trinajstić information content (AvgIpc) is 2.61. The summed E-state index contributed by atoms with van der Waals surface area (Å²) in [4.78, 5) is 0. The van der Waals surface area contributed by atoms with Crippen molar-refractivity contribution in [2.75, 3.05) is 0 Å². The Balaban J connectivity index is 2.13. The van der Waals surface area contributed by atoms with Gasteiger partial charge in [-0.2, -0.15) is 0 Å². The normalized spacial score (nSPS) is 32.8. The van der Waals surface area contributed by atoms with Crippen molar-refractivity contribution >= 4 is 0 Å². The molecule has 2 unspecified atom stereocenters. The molecule has 0 radical (unpaired) electrons. The highest BCUT2D eigenvalue weighted by atomic mass is 14.3. The van der Waals surface area contributed by atoms with Crippen LogP contribution < -0.4 is 0 Å². The van der Waals surface area contributed by atoms with Crippen LogP contribution in [-0.4, -0.2) is 0 Å². The van der Waals surface area contributed by atoms with Crippen LogP contribution in [0.3, 0.4) is 0 Å². The van der Waals surface area contributed by atoms with E-state index in [2.05, 4.69) is 25.2 Å². The minimum absolute atomic E-state index is 0.905. The Bertz CT molecular complexity index is 234. The number of hydrogen-bond donors (Lipinski definition) is 0. The second-order valence-corrected chi connectivity index (χ2v) is 4.76. The molecule has 0 heteroatoms. The second kappa shape index (κ2) is 4.82. The lowest BCUT2D eigenvalue weighted by molar-refractivity contribution is 0.533. The zero-order valence-corrected chi connectivity index (χ0v) is 9.34. The second-order valence-electron chi connectivity index (χ2n) is 4.76. The molecule has 1 saturated carbocycles. The first-order chi connectivity index (χ1) is 6.92. The first-order valence-corrected chi connectivity index (χ1v) is 6.28. The Morgan fingerprint density at radius 1 is 1.21 bits per heavy atom. The van der Waals surface area contributed by atoms with E-state index in [-0.39, 0.29) is 0 Å². The van der Waals surface area contributed by atoms with E-state index in [9.17, 15) is 0 Å². The Morgan fingerprint density at radius 3 is 3.00 bits per heavy atom. The van der Waals surface area contributed by atoms with Crippen LogP contribution in [-0.2, 0) is 0 Å². The van der Waals surface area contributed by atoms with Crippen molar-refractivity contribution in [1.82, 2.24) is 0 Å². The first kappa shape index (κ1) is 10.0. The van der Waals surface area contributed by atoms with Gasteiger partial charge in [0, 0.05) is 0 Å². The maximum Gasteiger partial charge on any atom is -0.0197 e. The molecule has 14 heavy (non-hydrogen) atoms. The Labute approximate surface area is 88.1 Å². The van der Waals surface area contributed by atoms with Gasteiger partial charge in [-0.15, -0.1) is 0 Å². The molecular weight excluding hydrogens is 168 g/mol. The molecule has 2 aliphatic carbocycles. The first-order valence-electron chi connectivity index (χ1n) is 6.28. The molecule has 0 aromatic carbocycles. The lowest BCUT2D eigenvalue weighted by Gasteiger charge is -2.14. The van der Waals surface area contributed by atoms with Crippen molar-refractivity contribution in [1.29, 1.82) is 0 Å². The van der Waals surface area contributed by atoms with Crippen LogP contribution >= 0.6 is 0 Å². The van der Waals surface area contributed by atoms with Crippen LogP contribution in [0.2, 0.25) is 0 Å². The third kappa shape index (κ3) is 2.10. The molecule has 1 fully saturated rings. The molecule has 0 aromatic heterocycles. The van der Waals surface area contributed by atoms with Crippen molar-refractivity contribution in [3.63, 3.8) is 0 Å². The van der Waals surface area contributed by atoms with Gasteiger partial charge in [-0.25, -0.2) is 0 Å². The summed E-state index contributed by atoms with van der Waals surface area (Å²) >= 11 is 0. The molecule has 0 spiro atoms. The van der Waals surface area contributed by atoms with Crippen LogP contribution in [0.4, 0.5) is 0 Å². The summed E-state index contributed by atoms with van der Waals surface area (Å²) in [6.07, 6.45) is 16.9. The van der Waals surface area contributed by atoms with Gasteiger partial charge in [0.25, 0.3) is 0 Å². The van der Waals surface area contributed by atoms with E-state index in [1.54, 1.807) is 5.57 Å². The lowest BCUT2D eigenvalue weighted by Crippen LogP contribution is -2.01. The van der Waals surface area contributed by atoms with E-state index < -0.39 is 0 Å². The maximum absolute atomic E-state index is 2.43. The number of rotatable bonds is 1. The van der Waals surface area contributed by atoms with Gasteiger partial charge in [0.15, 0.2) is 0 Å². The van der Waals surface area contributed by atoms with E-state index in [4.69, 9.17) is 0 Å². The van der Waals surface area contributed by atoms with Crippen molar-refractivity contribution in [3.8, 4) is 0 Å². The van der Waals surface area contributed by atoms with E-state index in [0.717, 1.165) is 11.8 Å². The predicted octanol–water partition coefficient (Wildman–Crippen LogP) is 4.48. The van der Waals surface area contributed by atoms with Crippen LogP contribution in [0, 0.1) is 11.8 Å². The SMILES string of the molecule is CCC1CCC2CCCCC=CC=C12. The standard InChI is InChI=1S/C14H22/c1-2-12-10-11-13-8-6-4-3-5-7-9-14(12)13/h5,7,9,12-13H,2-4,6,8,10-11H2,1H3. The highest BCUT2D eigenvalue weighted by Gasteiger charge is 2.28. The molecular formula is C14H22. The molecule has 0 bridgehead atoms. The minimum atomic E-state index is 0.905. The maximum atomic E-state index is 2.43. The Kier molecular flexibility index (Phi) is 3.44. The fourth-order valence-electron chi connectivity index (χ4n) is 3.02. The van der Waals surface area contributed by atoms with Gasteiger partial charge >= 0.3 is 0 Å². The summed E-state index contributed by atoms with van der Waals surface area (Å²) in [5.41, 5.74) is 1.77. The highest BCUT2D eigenvalue weighted by Crippen LogP contribution is 2.41. The Hall–Kier alpha value is -0.520. The molecule has 2 aliphatic rings. The zero-order valence-electron chi connectivity index (χ0n) is 9.34. The molecule has 0 heterocycles. The summed E-state index contributed by atoms with van der Waals surface area (Å²) in [6.45, 7) is 2.34. The van der Waals surface area contributed by atoms with Crippen LogP contribution in [0.5, 0.6) is 0 Å². The largest absolute Gasteiger partial charge is 0.0845 e. The summed E-state index contributed by atoms with van der Waals surface area (Å²) in [7, 11) is 0. The number of allylic oxidation sites excluding steroid dienone is 4. The van der Waals surface area contributed by atoms with Crippen molar-refractivity contribution in [3.05, 3.63) is 23.8 Å². The summed E-state index contributed by atoms with van der Waals surface area (Å²) < 4.78 is 0. The molecule has 0 N–H and O–H groups in total. The molecule has 78 valence electrons. The van der Waals surface area contributed by atoms with Gasteiger partial charge in [-0.05, 0) is 50.4 Å². The quantitative estimate of drug-likeness (QED) is 0.572. The topological polar surface area (TPSA) is 0 Å². The highest BCUT2D eigenvalue weighted by molar-refractivity contribution is 5.21. The van der Waals surface area contributed by atoms with Crippen molar-refractivity contribution in [2.45, 2.75) is 51.9 Å². The van der Waals surface area contributed by atoms with Gasteiger partial charge in [-0.3, -0.25) is 0 Å². The summed E-state index contributed by atoms with van der Waals surface area (Å²) in [5.74, 6) is 1.84. The third-order valence-electron chi connectivity index (χ3n) is 3.90. The summed E-state index contributed by atoms with van der Waals surface area (Å²) in [6, 6.07) is 0. The van der Waals surface area contributed by atoms with Crippen LogP contribution in [0.25, 0.3) is 0 Å². The number of hydrogen-bond acceptors (Lipinski definition) is 0. The number of fused-ring (bicyclic) bond motifs is 1. The fourth-order valence-corrected chi connectivity index (χ4v) is 3.02. The smallest absolute Gasteiger partial charge is 0.0197 e. The summed E-state index contributed by atoms with van der Waals surface area (Å²) in [5, 5.41) is 0. The van der Waals surface area contributed by atoms with E-state index >= 15 is 0 Å². The molecule has 0 saturated heterocycles. The van der Waals surface area contributed by atoms with Crippen molar-refractivity contribution < 1.29 is 0 Å². The average molecular weight is 190 g/mol. The minimum Gasteiger partial charge on any atom is -0.0845 e. The Morgan fingerprint density at radius 2 is 2.14 bits per heavy atom.